The van der Waals surface area contributed by atoms with E-state index in [-0.39, 0.29) is 35.6 Å². The summed E-state index contributed by atoms with van der Waals surface area (Å²) in [6.45, 7) is 13.5. The first-order chi connectivity index (χ1) is 22.5. The van der Waals surface area contributed by atoms with Gasteiger partial charge in [0.2, 0.25) is 23.5 Å². The molecule has 1 heterocycles. The van der Waals surface area contributed by atoms with Gasteiger partial charge in [0.05, 0.1) is 6.04 Å². The summed E-state index contributed by atoms with van der Waals surface area (Å²) < 4.78 is 0. The molecule has 6 amide bonds. The van der Waals surface area contributed by atoms with Crippen molar-refractivity contribution >= 4 is 35.4 Å². The molecule has 2 aliphatic carbocycles. The van der Waals surface area contributed by atoms with Crippen molar-refractivity contribution in [2.75, 3.05) is 6.54 Å². The molecular weight excluding hydrogens is 612 g/mol. The van der Waals surface area contributed by atoms with Gasteiger partial charge in [0.1, 0.15) is 18.1 Å². The smallest absolute Gasteiger partial charge is 0.316 e. The highest BCUT2D eigenvalue weighted by Gasteiger charge is 2.46. The summed E-state index contributed by atoms with van der Waals surface area (Å²) >= 11 is 0. The van der Waals surface area contributed by atoms with Crippen LogP contribution in [0.25, 0.3) is 0 Å². The number of benzene rings is 1. The molecule has 1 saturated carbocycles. The molecule has 1 unspecified atom stereocenters. The van der Waals surface area contributed by atoms with E-state index in [4.69, 9.17) is 5.73 Å². The van der Waals surface area contributed by atoms with Crippen molar-refractivity contribution in [2.24, 2.45) is 34.8 Å². The van der Waals surface area contributed by atoms with Crippen molar-refractivity contribution in [2.45, 2.75) is 117 Å². The van der Waals surface area contributed by atoms with Gasteiger partial charge in [-0.1, -0.05) is 85.6 Å². The Hall–Kier alpha value is -3.96. The number of carbonyl (C=O) groups is 6. The number of nitrogens with one attached hydrogen (secondary N) is 4. The quantitative estimate of drug-likeness (QED) is 0.201. The topological polar surface area (TPSA) is 180 Å². The van der Waals surface area contributed by atoms with Gasteiger partial charge in [0, 0.05) is 12.6 Å². The van der Waals surface area contributed by atoms with Gasteiger partial charge in [-0.25, -0.2) is 4.79 Å². The molecule has 3 aliphatic rings. The van der Waals surface area contributed by atoms with Crippen molar-refractivity contribution < 1.29 is 28.8 Å². The molecule has 0 bridgehead atoms. The second-order valence-electron chi connectivity index (χ2n) is 15.7. The Balaban J connectivity index is 1.46. The zero-order chi connectivity index (χ0) is 35.5. The van der Waals surface area contributed by atoms with Gasteiger partial charge in [-0.3, -0.25) is 24.0 Å². The number of fused-ring (bicyclic) bond motifs is 1. The van der Waals surface area contributed by atoms with Gasteiger partial charge in [-0.2, -0.15) is 0 Å². The van der Waals surface area contributed by atoms with E-state index in [1.807, 2.05) is 60.6 Å². The van der Waals surface area contributed by atoms with Crippen LogP contribution < -0.4 is 27.0 Å². The largest absolute Gasteiger partial charge is 0.363 e. The molecule has 1 aliphatic heterocycles. The summed E-state index contributed by atoms with van der Waals surface area (Å²) in [5, 5.41) is 11.4. The van der Waals surface area contributed by atoms with Gasteiger partial charge in [-0.15, -0.1) is 0 Å². The fourth-order valence-electron chi connectivity index (χ4n) is 6.82. The van der Waals surface area contributed by atoms with E-state index in [0.717, 1.165) is 25.7 Å². The molecule has 1 aromatic rings. The highest BCUT2D eigenvalue weighted by molar-refractivity contribution is 6.37. The second-order valence-corrected chi connectivity index (χ2v) is 15.7. The normalized spacial score (nSPS) is 21.3. The molecule has 48 heavy (non-hydrogen) atoms. The van der Waals surface area contributed by atoms with E-state index in [9.17, 15) is 28.8 Å². The standard InChI is InChI=1S/C36H54N6O6/c1-19(2)24-17-27(32(45)39-26(14-21-12-13-21)29(43)31(37)44)42(18-24)34(47)30(36(5,6)7)41-35(48)40-28(20(3)4)33(46)38-25-15-22-10-8-9-11-23(22)16-25/h8-11,19-21,24-28,30H,12-18H2,1-7H3,(H2,37,44)(H,38,46)(H,39,45)(H2,40,41,48)/t24-,26?,27+,28+,30-/m1/s1. The van der Waals surface area contributed by atoms with E-state index in [1.54, 1.807) is 0 Å². The number of likely N-dealkylation sites (tertiary alicyclic amines) is 1. The maximum atomic E-state index is 14.3. The minimum absolute atomic E-state index is 0.00334. The summed E-state index contributed by atoms with van der Waals surface area (Å²) in [6, 6.07) is 3.53. The van der Waals surface area contributed by atoms with Crippen LogP contribution in [-0.4, -0.2) is 77.1 Å². The van der Waals surface area contributed by atoms with Crippen LogP contribution >= 0.6 is 0 Å². The van der Waals surface area contributed by atoms with Crippen molar-refractivity contribution in [3.63, 3.8) is 0 Å². The number of carbonyl (C=O) groups excluding carboxylic acids is 6. The lowest BCUT2D eigenvalue weighted by molar-refractivity contribution is -0.143. The van der Waals surface area contributed by atoms with Gasteiger partial charge in [-0.05, 0) is 65.9 Å². The first kappa shape index (κ1) is 36.9. The first-order valence-corrected chi connectivity index (χ1v) is 17.3. The molecule has 1 aromatic carbocycles. The molecule has 12 nitrogen and oxygen atoms in total. The first-order valence-electron chi connectivity index (χ1n) is 17.3. The van der Waals surface area contributed by atoms with Crippen LogP contribution in [0.5, 0.6) is 0 Å². The average Bonchev–Trinajstić information content (AvgIpc) is 3.54. The minimum Gasteiger partial charge on any atom is -0.363 e. The van der Waals surface area contributed by atoms with Crippen molar-refractivity contribution in [1.29, 1.82) is 0 Å². The third kappa shape index (κ3) is 9.14. The highest BCUT2D eigenvalue weighted by Crippen LogP contribution is 2.35. The van der Waals surface area contributed by atoms with Crippen molar-refractivity contribution in [1.82, 2.24) is 26.2 Å². The van der Waals surface area contributed by atoms with Gasteiger partial charge < -0.3 is 31.9 Å². The molecular formula is C36H54N6O6. The number of ketones is 1. The number of hydrogen-bond acceptors (Lipinski definition) is 6. The zero-order valence-corrected chi connectivity index (χ0v) is 29.4. The zero-order valence-electron chi connectivity index (χ0n) is 29.4. The van der Waals surface area contributed by atoms with Crippen LogP contribution in [0.4, 0.5) is 4.79 Å². The van der Waals surface area contributed by atoms with Crippen molar-refractivity contribution in [3.05, 3.63) is 35.4 Å². The fourth-order valence-corrected chi connectivity index (χ4v) is 6.82. The molecule has 0 aromatic heterocycles. The summed E-state index contributed by atoms with van der Waals surface area (Å²) in [7, 11) is 0. The third-order valence-electron chi connectivity index (χ3n) is 10.0. The number of nitrogens with zero attached hydrogens (tertiary/aromatic N) is 1. The monoisotopic (exact) mass is 666 g/mol. The Morgan fingerprint density at radius 2 is 1.52 bits per heavy atom. The summed E-state index contributed by atoms with van der Waals surface area (Å²) in [5.41, 5.74) is 6.93. The molecule has 0 spiro atoms. The summed E-state index contributed by atoms with van der Waals surface area (Å²) in [5.74, 6) is -3.03. The lowest BCUT2D eigenvalue weighted by Gasteiger charge is -2.36. The molecule has 2 fully saturated rings. The molecule has 1 saturated heterocycles. The fraction of sp³-hybridized carbons (Fsp3) is 0.667. The van der Waals surface area contributed by atoms with E-state index in [2.05, 4.69) is 33.4 Å². The number of hydrogen-bond donors (Lipinski definition) is 5. The number of rotatable bonds is 13. The SMILES string of the molecule is CC(C)[C@@H]1C[C@@H](C(=O)NC(CC2CC2)C(=O)C(N)=O)N(C(=O)[C@@H](NC(=O)N[C@H](C(=O)NC2Cc3ccccc3C2)C(C)C)C(C)(C)C)C1. The number of nitrogens with two attached hydrogens (primary N) is 1. The highest BCUT2D eigenvalue weighted by atomic mass is 16.2. The Morgan fingerprint density at radius 1 is 0.917 bits per heavy atom. The Labute approximate surface area is 284 Å². The third-order valence-corrected chi connectivity index (χ3v) is 10.0. The number of Topliss-reactive ketones (excluding diaryl/α,β-unsaturated/α-hetero) is 1. The predicted octanol–water partition coefficient (Wildman–Crippen LogP) is 2.22. The van der Waals surface area contributed by atoms with E-state index < -0.39 is 59.1 Å². The molecule has 0 radical (unpaired) electrons. The average molecular weight is 667 g/mol. The van der Waals surface area contributed by atoms with Gasteiger partial charge >= 0.3 is 6.03 Å². The molecule has 12 heteroatoms. The molecule has 4 rings (SSSR count). The molecule has 6 N–H and O–H groups in total. The Bertz CT molecular complexity index is 1370. The summed E-state index contributed by atoms with van der Waals surface area (Å²) in [4.78, 5) is 80.7. The number of primary amides is 1. The van der Waals surface area contributed by atoms with E-state index in [1.165, 1.54) is 16.0 Å². The second kappa shape index (κ2) is 15.1. The van der Waals surface area contributed by atoms with Crippen LogP contribution in [0.15, 0.2) is 24.3 Å². The van der Waals surface area contributed by atoms with Crippen molar-refractivity contribution in [3.8, 4) is 0 Å². The van der Waals surface area contributed by atoms with E-state index >= 15 is 0 Å². The molecule has 264 valence electrons. The van der Waals surface area contributed by atoms with Crippen LogP contribution in [0.2, 0.25) is 0 Å². The molecule has 5 atom stereocenters. The number of amides is 6. The lowest BCUT2D eigenvalue weighted by atomic mass is 9.85. The predicted molar refractivity (Wildman–Crippen MR) is 181 cm³/mol. The van der Waals surface area contributed by atoms with Crippen LogP contribution in [-0.2, 0) is 36.8 Å². The van der Waals surface area contributed by atoms with Gasteiger partial charge in [0.25, 0.3) is 5.91 Å². The van der Waals surface area contributed by atoms with Crippen LogP contribution in [0.3, 0.4) is 0 Å². The van der Waals surface area contributed by atoms with Crippen LogP contribution in [0, 0.1) is 29.1 Å². The van der Waals surface area contributed by atoms with E-state index in [0.29, 0.717) is 19.4 Å². The number of urea groups is 1. The van der Waals surface area contributed by atoms with Crippen LogP contribution in [0.1, 0.15) is 85.3 Å². The Morgan fingerprint density at radius 3 is 2.02 bits per heavy atom. The minimum atomic E-state index is -1.11. The lowest BCUT2D eigenvalue weighted by Crippen LogP contribution is -2.62. The maximum Gasteiger partial charge on any atom is 0.316 e. The maximum absolute atomic E-state index is 14.3. The summed E-state index contributed by atoms with van der Waals surface area (Å²) in [6.07, 6.45) is 3.97. The van der Waals surface area contributed by atoms with Gasteiger partial charge in [0.15, 0.2) is 0 Å². The Kier molecular flexibility index (Phi) is 11.6.